The summed E-state index contributed by atoms with van der Waals surface area (Å²) in [6.07, 6.45) is 4.25. The van der Waals surface area contributed by atoms with Crippen LogP contribution in [0, 0.1) is 0 Å². The second-order valence-corrected chi connectivity index (χ2v) is 4.72. The average Bonchev–Trinajstić information content (AvgIpc) is 3.02. The first-order valence-corrected chi connectivity index (χ1v) is 7.09. The van der Waals surface area contributed by atoms with Crippen LogP contribution in [0.2, 0.25) is 0 Å². The number of benzene rings is 1. The number of fused-ring (bicyclic) bond motifs is 1. The maximum absolute atomic E-state index is 5.79. The van der Waals surface area contributed by atoms with Crippen LogP contribution in [0.1, 0.15) is 32.2 Å². The van der Waals surface area contributed by atoms with E-state index in [0.29, 0.717) is 11.8 Å². The summed E-state index contributed by atoms with van der Waals surface area (Å²) >= 11 is 0. The number of rotatable bonds is 5. The molecule has 2 aromatic heterocycles. The van der Waals surface area contributed by atoms with Gasteiger partial charge >= 0.3 is 0 Å². The van der Waals surface area contributed by atoms with Crippen molar-refractivity contribution < 1.29 is 4.42 Å². The molecule has 0 aliphatic carbocycles. The second-order valence-electron chi connectivity index (χ2n) is 4.72. The predicted octanol–water partition coefficient (Wildman–Crippen LogP) is 2.74. The highest BCUT2D eigenvalue weighted by Crippen LogP contribution is 2.24. The van der Waals surface area contributed by atoms with Crippen LogP contribution in [0.5, 0.6) is 0 Å². The van der Waals surface area contributed by atoms with Crippen LogP contribution in [0.25, 0.3) is 22.5 Å². The molecule has 6 heteroatoms. The molecular weight excluding hydrogens is 266 g/mol. The van der Waals surface area contributed by atoms with Gasteiger partial charge in [-0.1, -0.05) is 13.8 Å². The van der Waals surface area contributed by atoms with Crippen molar-refractivity contribution in [3.8, 4) is 11.5 Å². The molecule has 0 amide bonds. The number of nitrogens with zero attached hydrogens (tertiary/aromatic N) is 4. The van der Waals surface area contributed by atoms with Crippen molar-refractivity contribution in [3.05, 3.63) is 36.5 Å². The lowest BCUT2D eigenvalue weighted by molar-refractivity contribution is 0.402. The number of aromatic nitrogens is 4. The van der Waals surface area contributed by atoms with Crippen molar-refractivity contribution in [2.24, 2.45) is 0 Å². The third kappa shape index (κ3) is 2.75. The smallest absolute Gasteiger partial charge is 0.247 e. The standard InChI is InChI=1S/C15H17N5O/c1-3-11(16-4-2)15-20-19-14(21-15)10-5-6-12-13(9-10)18-8-7-17-12/h5-9,11,16H,3-4H2,1-2H3. The van der Waals surface area contributed by atoms with Gasteiger partial charge in [-0.25, -0.2) is 0 Å². The molecule has 0 fully saturated rings. The Hall–Kier alpha value is -2.34. The molecule has 2 heterocycles. The van der Waals surface area contributed by atoms with E-state index in [4.69, 9.17) is 4.42 Å². The molecule has 1 aromatic carbocycles. The summed E-state index contributed by atoms with van der Waals surface area (Å²) in [7, 11) is 0. The van der Waals surface area contributed by atoms with E-state index in [2.05, 4.69) is 39.3 Å². The maximum Gasteiger partial charge on any atom is 0.247 e. The first kappa shape index (κ1) is 13.6. The van der Waals surface area contributed by atoms with Crippen molar-refractivity contribution in [2.75, 3.05) is 6.54 Å². The average molecular weight is 283 g/mol. The van der Waals surface area contributed by atoms with Gasteiger partial charge in [-0.15, -0.1) is 10.2 Å². The zero-order valence-electron chi connectivity index (χ0n) is 12.1. The molecule has 0 aliphatic heterocycles. The van der Waals surface area contributed by atoms with E-state index in [0.717, 1.165) is 29.6 Å². The molecular formula is C15H17N5O. The zero-order valence-corrected chi connectivity index (χ0v) is 12.1. The Kier molecular flexibility index (Phi) is 3.87. The normalized spacial score (nSPS) is 12.7. The summed E-state index contributed by atoms with van der Waals surface area (Å²) in [5.41, 5.74) is 2.52. The van der Waals surface area contributed by atoms with Crippen molar-refractivity contribution in [2.45, 2.75) is 26.3 Å². The van der Waals surface area contributed by atoms with Crippen LogP contribution in [-0.2, 0) is 0 Å². The fourth-order valence-corrected chi connectivity index (χ4v) is 2.24. The molecule has 1 N–H and O–H groups in total. The van der Waals surface area contributed by atoms with Gasteiger partial charge in [0, 0.05) is 18.0 Å². The van der Waals surface area contributed by atoms with Gasteiger partial charge < -0.3 is 9.73 Å². The minimum atomic E-state index is 0.0940. The van der Waals surface area contributed by atoms with Gasteiger partial charge in [-0.2, -0.15) is 0 Å². The van der Waals surface area contributed by atoms with Gasteiger partial charge in [-0.05, 0) is 31.2 Å². The molecule has 0 aliphatic rings. The third-order valence-corrected chi connectivity index (χ3v) is 3.31. The van der Waals surface area contributed by atoms with E-state index in [9.17, 15) is 0 Å². The lowest BCUT2D eigenvalue weighted by Crippen LogP contribution is -2.20. The maximum atomic E-state index is 5.79. The van der Waals surface area contributed by atoms with Gasteiger partial charge in [-0.3, -0.25) is 9.97 Å². The van der Waals surface area contributed by atoms with E-state index in [-0.39, 0.29) is 6.04 Å². The summed E-state index contributed by atoms with van der Waals surface area (Å²) in [5.74, 6) is 1.13. The van der Waals surface area contributed by atoms with Crippen LogP contribution in [0.4, 0.5) is 0 Å². The Morgan fingerprint density at radius 3 is 2.67 bits per heavy atom. The summed E-state index contributed by atoms with van der Waals surface area (Å²) in [6, 6.07) is 5.83. The SMILES string of the molecule is CCNC(CC)c1nnc(-c2ccc3nccnc3c2)o1. The lowest BCUT2D eigenvalue weighted by atomic mass is 10.2. The Balaban J connectivity index is 1.93. The molecule has 6 nitrogen and oxygen atoms in total. The monoisotopic (exact) mass is 283 g/mol. The molecule has 0 saturated heterocycles. The third-order valence-electron chi connectivity index (χ3n) is 3.31. The Morgan fingerprint density at radius 1 is 1.10 bits per heavy atom. The summed E-state index contributed by atoms with van der Waals surface area (Å²) < 4.78 is 5.79. The van der Waals surface area contributed by atoms with Crippen molar-refractivity contribution in [3.63, 3.8) is 0 Å². The van der Waals surface area contributed by atoms with E-state index < -0.39 is 0 Å². The number of nitrogens with one attached hydrogen (secondary N) is 1. The molecule has 1 atom stereocenters. The molecule has 21 heavy (non-hydrogen) atoms. The van der Waals surface area contributed by atoms with E-state index in [1.165, 1.54) is 0 Å². The van der Waals surface area contributed by atoms with Crippen LogP contribution >= 0.6 is 0 Å². The van der Waals surface area contributed by atoms with Gasteiger partial charge in [0.1, 0.15) is 0 Å². The molecule has 108 valence electrons. The fraction of sp³-hybridized carbons (Fsp3) is 0.333. The molecule has 3 rings (SSSR count). The van der Waals surface area contributed by atoms with E-state index in [1.54, 1.807) is 12.4 Å². The second kappa shape index (κ2) is 5.97. The summed E-state index contributed by atoms with van der Waals surface area (Å²) in [4.78, 5) is 8.54. The number of hydrogen-bond acceptors (Lipinski definition) is 6. The highest BCUT2D eigenvalue weighted by Gasteiger charge is 2.16. The van der Waals surface area contributed by atoms with Crippen LogP contribution < -0.4 is 5.32 Å². The van der Waals surface area contributed by atoms with Gasteiger partial charge in [0.25, 0.3) is 0 Å². The van der Waals surface area contributed by atoms with Crippen LogP contribution in [0.15, 0.2) is 35.0 Å². The minimum Gasteiger partial charge on any atom is -0.419 e. The van der Waals surface area contributed by atoms with E-state index >= 15 is 0 Å². The molecule has 3 aromatic rings. The fourth-order valence-electron chi connectivity index (χ4n) is 2.24. The van der Waals surface area contributed by atoms with Gasteiger partial charge in [0.15, 0.2) is 0 Å². The van der Waals surface area contributed by atoms with Crippen LogP contribution in [-0.4, -0.2) is 26.7 Å². The summed E-state index contributed by atoms with van der Waals surface area (Å²) in [6.45, 7) is 5.01. The van der Waals surface area contributed by atoms with Gasteiger partial charge in [0.2, 0.25) is 11.8 Å². The van der Waals surface area contributed by atoms with Gasteiger partial charge in [0.05, 0.1) is 17.1 Å². The van der Waals surface area contributed by atoms with Crippen molar-refractivity contribution in [1.82, 2.24) is 25.5 Å². The molecule has 0 radical (unpaired) electrons. The topological polar surface area (TPSA) is 76.7 Å². The molecule has 0 spiro atoms. The first-order valence-electron chi connectivity index (χ1n) is 7.09. The molecule has 1 unspecified atom stereocenters. The lowest BCUT2D eigenvalue weighted by Gasteiger charge is -2.10. The molecule has 0 saturated carbocycles. The van der Waals surface area contributed by atoms with Crippen molar-refractivity contribution in [1.29, 1.82) is 0 Å². The van der Waals surface area contributed by atoms with Crippen molar-refractivity contribution >= 4 is 11.0 Å². The highest BCUT2D eigenvalue weighted by atomic mass is 16.4. The highest BCUT2D eigenvalue weighted by molar-refractivity contribution is 5.78. The quantitative estimate of drug-likeness (QED) is 0.776. The Morgan fingerprint density at radius 2 is 1.90 bits per heavy atom. The van der Waals surface area contributed by atoms with E-state index in [1.807, 2.05) is 18.2 Å². The zero-order chi connectivity index (χ0) is 14.7. The predicted molar refractivity (Wildman–Crippen MR) is 79.5 cm³/mol. The Bertz CT molecular complexity index is 740. The van der Waals surface area contributed by atoms with Crippen LogP contribution in [0.3, 0.4) is 0 Å². The minimum absolute atomic E-state index is 0.0940. The Labute approximate surface area is 122 Å². The number of hydrogen-bond donors (Lipinski definition) is 1. The first-order chi connectivity index (χ1) is 10.3. The summed E-state index contributed by atoms with van der Waals surface area (Å²) in [5, 5.41) is 11.6. The molecule has 0 bridgehead atoms. The largest absolute Gasteiger partial charge is 0.419 e.